The summed E-state index contributed by atoms with van der Waals surface area (Å²) >= 11 is 0. The van der Waals surface area contributed by atoms with Gasteiger partial charge in [-0.3, -0.25) is 4.79 Å². The van der Waals surface area contributed by atoms with Crippen molar-refractivity contribution in [2.24, 2.45) is 0 Å². The van der Waals surface area contributed by atoms with Crippen molar-refractivity contribution in [3.8, 4) is 0 Å². The summed E-state index contributed by atoms with van der Waals surface area (Å²) in [6.45, 7) is 0.670. The molecule has 0 atom stereocenters. The van der Waals surface area contributed by atoms with E-state index in [-0.39, 0.29) is 5.91 Å². The fourth-order valence-electron chi connectivity index (χ4n) is 2.40. The molecule has 0 bridgehead atoms. The van der Waals surface area contributed by atoms with E-state index in [0.29, 0.717) is 18.7 Å². The minimum absolute atomic E-state index is 0.0960. The molecule has 1 aromatic carbocycles. The molecule has 118 valence electrons. The number of carbonyl (C=O) groups excluding carboxylic acids is 1. The highest BCUT2D eigenvalue weighted by Crippen LogP contribution is 2.03. The minimum Gasteiger partial charge on any atom is -0.356 e. The third-order valence-electron chi connectivity index (χ3n) is 3.64. The first-order valence-corrected chi connectivity index (χ1v) is 7.76. The second-order valence-electron chi connectivity index (χ2n) is 5.41. The molecule has 6 nitrogen and oxygen atoms in total. The summed E-state index contributed by atoms with van der Waals surface area (Å²) in [5.74, 6) is 0.696. The lowest BCUT2D eigenvalue weighted by Gasteiger charge is -2.05. The first kappa shape index (κ1) is 15.1. The Labute approximate surface area is 134 Å². The fourth-order valence-corrected chi connectivity index (χ4v) is 2.40. The lowest BCUT2D eigenvalue weighted by atomic mass is 10.1. The van der Waals surface area contributed by atoms with Gasteiger partial charge >= 0.3 is 0 Å². The molecule has 2 aromatic heterocycles. The average Bonchev–Trinajstić information content (AvgIpc) is 3.05. The van der Waals surface area contributed by atoms with Gasteiger partial charge in [0, 0.05) is 25.4 Å². The maximum absolute atomic E-state index is 11.8. The van der Waals surface area contributed by atoms with Crippen LogP contribution in [-0.4, -0.2) is 32.0 Å². The SMILES string of the molecule is O=C(CCc1ccccc1)NCCCc1cnc2ncnn2c1. The molecule has 6 heteroatoms. The molecule has 3 rings (SSSR count). The molecule has 23 heavy (non-hydrogen) atoms. The summed E-state index contributed by atoms with van der Waals surface area (Å²) in [6, 6.07) is 10.1. The summed E-state index contributed by atoms with van der Waals surface area (Å²) in [5.41, 5.74) is 2.27. The molecule has 0 saturated carbocycles. The predicted molar refractivity (Wildman–Crippen MR) is 86.9 cm³/mol. The van der Waals surface area contributed by atoms with Crippen molar-refractivity contribution >= 4 is 11.7 Å². The van der Waals surface area contributed by atoms with Gasteiger partial charge in [0.15, 0.2) is 0 Å². The van der Waals surface area contributed by atoms with E-state index >= 15 is 0 Å². The van der Waals surface area contributed by atoms with Crippen LogP contribution in [-0.2, 0) is 17.6 Å². The zero-order chi connectivity index (χ0) is 15.9. The maximum atomic E-state index is 11.8. The van der Waals surface area contributed by atoms with Gasteiger partial charge in [-0.25, -0.2) is 9.50 Å². The monoisotopic (exact) mass is 309 g/mol. The van der Waals surface area contributed by atoms with Gasteiger partial charge in [0.25, 0.3) is 5.78 Å². The van der Waals surface area contributed by atoms with Crippen molar-refractivity contribution in [3.63, 3.8) is 0 Å². The van der Waals surface area contributed by atoms with Crippen LogP contribution in [0.2, 0.25) is 0 Å². The summed E-state index contributed by atoms with van der Waals surface area (Å²) in [6.07, 6.45) is 8.24. The van der Waals surface area contributed by atoms with Crippen LogP contribution in [0.15, 0.2) is 49.1 Å². The molecule has 0 aliphatic heterocycles. The molecule has 0 aliphatic carbocycles. The van der Waals surface area contributed by atoms with Crippen molar-refractivity contribution in [2.45, 2.75) is 25.7 Å². The number of hydrogen-bond acceptors (Lipinski definition) is 4. The van der Waals surface area contributed by atoms with Crippen molar-refractivity contribution in [1.82, 2.24) is 24.9 Å². The van der Waals surface area contributed by atoms with Crippen molar-refractivity contribution in [1.29, 1.82) is 0 Å². The number of rotatable bonds is 7. The Morgan fingerprint density at radius 2 is 1.96 bits per heavy atom. The maximum Gasteiger partial charge on any atom is 0.252 e. The van der Waals surface area contributed by atoms with E-state index < -0.39 is 0 Å². The number of aryl methyl sites for hydroxylation is 2. The lowest BCUT2D eigenvalue weighted by Crippen LogP contribution is -2.25. The molecular weight excluding hydrogens is 290 g/mol. The second-order valence-corrected chi connectivity index (χ2v) is 5.41. The number of amides is 1. The molecule has 0 fully saturated rings. The Hall–Kier alpha value is -2.76. The van der Waals surface area contributed by atoms with Gasteiger partial charge in [0.2, 0.25) is 5.91 Å². The molecule has 0 radical (unpaired) electrons. The Morgan fingerprint density at radius 1 is 1.09 bits per heavy atom. The normalized spacial score (nSPS) is 10.8. The third kappa shape index (κ3) is 4.35. The number of nitrogens with zero attached hydrogens (tertiary/aromatic N) is 4. The quantitative estimate of drug-likeness (QED) is 0.676. The van der Waals surface area contributed by atoms with Crippen molar-refractivity contribution in [3.05, 3.63) is 60.2 Å². The van der Waals surface area contributed by atoms with Crippen LogP contribution >= 0.6 is 0 Å². The highest BCUT2D eigenvalue weighted by molar-refractivity contribution is 5.76. The fraction of sp³-hybridized carbons (Fsp3) is 0.294. The predicted octanol–water partition coefficient (Wildman–Crippen LogP) is 1.81. The number of carbonyl (C=O) groups is 1. The number of hydrogen-bond donors (Lipinski definition) is 1. The molecule has 2 heterocycles. The van der Waals surface area contributed by atoms with E-state index in [9.17, 15) is 4.79 Å². The Bertz CT molecular complexity index is 769. The van der Waals surface area contributed by atoms with Gasteiger partial charge in [0.1, 0.15) is 6.33 Å². The van der Waals surface area contributed by atoms with E-state index in [1.54, 1.807) is 10.7 Å². The van der Waals surface area contributed by atoms with Crippen LogP contribution in [0.3, 0.4) is 0 Å². The molecule has 0 aliphatic rings. The number of fused-ring (bicyclic) bond motifs is 1. The number of aromatic nitrogens is 4. The summed E-state index contributed by atoms with van der Waals surface area (Å²) < 4.78 is 1.66. The van der Waals surface area contributed by atoms with Gasteiger partial charge in [-0.15, -0.1) is 0 Å². The van der Waals surface area contributed by atoms with Crippen LogP contribution in [0.4, 0.5) is 0 Å². The molecule has 1 amide bonds. The van der Waals surface area contributed by atoms with Crippen LogP contribution in [0.25, 0.3) is 5.78 Å². The summed E-state index contributed by atoms with van der Waals surface area (Å²) in [5, 5.41) is 7.02. The third-order valence-corrected chi connectivity index (χ3v) is 3.64. The van der Waals surface area contributed by atoms with E-state index in [0.717, 1.165) is 24.8 Å². The van der Waals surface area contributed by atoms with Crippen LogP contribution < -0.4 is 5.32 Å². The van der Waals surface area contributed by atoms with Gasteiger partial charge in [-0.2, -0.15) is 10.1 Å². The smallest absolute Gasteiger partial charge is 0.252 e. The van der Waals surface area contributed by atoms with E-state index in [1.807, 2.05) is 36.5 Å². The van der Waals surface area contributed by atoms with Crippen LogP contribution in [0.1, 0.15) is 24.0 Å². The highest BCUT2D eigenvalue weighted by Gasteiger charge is 2.03. The van der Waals surface area contributed by atoms with Gasteiger partial charge in [-0.05, 0) is 30.4 Å². The van der Waals surface area contributed by atoms with Gasteiger partial charge in [-0.1, -0.05) is 30.3 Å². The molecule has 0 unspecified atom stereocenters. The Kier molecular flexibility index (Phi) is 4.93. The first-order valence-electron chi connectivity index (χ1n) is 7.76. The number of nitrogens with one attached hydrogen (secondary N) is 1. The minimum atomic E-state index is 0.0960. The standard InChI is InChI=1S/C17H19N5O/c23-16(9-8-14-5-2-1-3-6-14)18-10-4-7-15-11-19-17-20-13-21-22(17)12-15/h1-3,5-6,11-13H,4,7-10H2,(H,18,23). The Morgan fingerprint density at radius 3 is 2.83 bits per heavy atom. The molecule has 3 aromatic rings. The van der Waals surface area contributed by atoms with E-state index in [1.165, 1.54) is 11.9 Å². The summed E-state index contributed by atoms with van der Waals surface area (Å²) in [4.78, 5) is 20.1. The summed E-state index contributed by atoms with van der Waals surface area (Å²) in [7, 11) is 0. The Balaban J connectivity index is 1.36. The van der Waals surface area contributed by atoms with Gasteiger partial charge in [0.05, 0.1) is 0 Å². The zero-order valence-electron chi connectivity index (χ0n) is 12.9. The second kappa shape index (κ2) is 7.49. The average molecular weight is 309 g/mol. The van der Waals surface area contributed by atoms with Crippen LogP contribution in [0, 0.1) is 0 Å². The van der Waals surface area contributed by atoms with E-state index in [2.05, 4.69) is 20.4 Å². The largest absolute Gasteiger partial charge is 0.356 e. The highest BCUT2D eigenvalue weighted by atomic mass is 16.1. The van der Waals surface area contributed by atoms with Crippen LogP contribution in [0.5, 0.6) is 0 Å². The molecule has 1 N–H and O–H groups in total. The zero-order valence-corrected chi connectivity index (χ0v) is 12.9. The van der Waals surface area contributed by atoms with Crippen molar-refractivity contribution < 1.29 is 4.79 Å². The first-order chi connectivity index (χ1) is 11.3. The molecule has 0 saturated heterocycles. The molecule has 0 spiro atoms. The van der Waals surface area contributed by atoms with E-state index in [4.69, 9.17) is 0 Å². The lowest BCUT2D eigenvalue weighted by molar-refractivity contribution is -0.121. The number of benzene rings is 1. The topological polar surface area (TPSA) is 72.2 Å². The van der Waals surface area contributed by atoms with Crippen molar-refractivity contribution in [2.75, 3.05) is 6.54 Å². The molecular formula is C17H19N5O. The van der Waals surface area contributed by atoms with Gasteiger partial charge < -0.3 is 5.32 Å².